The second-order valence-corrected chi connectivity index (χ2v) is 6.87. The highest BCUT2D eigenvalue weighted by Crippen LogP contribution is 2.30. The van der Waals surface area contributed by atoms with E-state index < -0.39 is 17.5 Å². The number of likely N-dealkylation sites (N-methyl/N-ethyl adjacent to an activating group) is 1. The van der Waals surface area contributed by atoms with Gasteiger partial charge in [0.2, 0.25) is 0 Å². The number of esters is 1. The van der Waals surface area contributed by atoms with E-state index in [0.717, 1.165) is 5.56 Å². The van der Waals surface area contributed by atoms with Gasteiger partial charge in [-0.2, -0.15) is 0 Å². The van der Waals surface area contributed by atoms with Gasteiger partial charge in [-0.15, -0.1) is 0 Å². The van der Waals surface area contributed by atoms with E-state index in [4.69, 9.17) is 9.47 Å². The van der Waals surface area contributed by atoms with Crippen molar-refractivity contribution in [3.63, 3.8) is 0 Å². The number of nitro benzene ring substituents is 1. The molecule has 0 saturated carbocycles. The molecule has 0 aliphatic carbocycles. The van der Waals surface area contributed by atoms with Crippen LogP contribution in [0.3, 0.4) is 0 Å². The highest BCUT2D eigenvalue weighted by molar-refractivity contribution is 5.93. The highest BCUT2D eigenvalue weighted by atomic mass is 16.6. The van der Waals surface area contributed by atoms with Crippen molar-refractivity contribution in [1.29, 1.82) is 0 Å². The van der Waals surface area contributed by atoms with Crippen LogP contribution in [0.5, 0.6) is 0 Å². The Labute approximate surface area is 173 Å². The summed E-state index contributed by atoms with van der Waals surface area (Å²) in [6.45, 7) is 1.98. The zero-order valence-electron chi connectivity index (χ0n) is 16.7. The maximum atomic E-state index is 12.3. The predicted molar refractivity (Wildman–Crippen MR) is 109 cm³/mol. The number of hydrogen-bond donors (Lipinski definition) is 0. The summed E-state index contributed by atoms with van der Waals surface area (Å²) in [6, 6.07) is 13.6. The van der Waals surface area contributed by atoms with Crippen molar-refractivity contribution >= 4 is 23.3 Å². The predicted octanol–water partition coefficient (Wildman–Crippen LogP) is 2.25. The number of amides is 1. The number of nitrogens with zero attached hydrogens (tertiary/aromatic N) is 3. The molecular weight excluding hydrogens is 390 g/mol. The highest BCUT2D eigenvalue weighted by Gasteiger charge is 2.24. The molecule has 0 bridgehead atoms. The average molecular weight is 413 g/mol. The molecule has 0 N–H and O–H groups in total. The Morgan fingerprint density at radius 3 is 2.53 bits per heavy atom. The molecule has 30 heavy (non-hydrogen) atoms. The minimum Gasteiger partial charge on any atom is -0.452 e. The minimum absolute atomic E-state index is 0.0252. The number of carbonyl (C=O) groups is 2. The Morgan fingerprint density at radius 1 is 1.17 bits per heavy atom. The molecule has 0 aromatic heterocycles. The van der Waals surface area contributed by atoms with Crippen LogP contribution in [0.2, 0.25) is 0 Å². The van der Waals surface area contributed by atoms with E-state index in [2.05, 4.69) is 0 Å². The van der Waals surface area contributed by atoms with Gasteiger partial charge in [-0.05, 0) is 17.7 Å². The van der Waals surface area contributed by atoms with Crippen LogP contribution >= 0.6 is 0 Å². The summed E-state index contributed by atoms with van der Waals surface area (Å²) in [5.74, 6) is -1.15. The molecule has 158 valence electrons. The summed E-state index contributed by atoms with van der Waals surface area (Å²) in [5, 5.41) is 11.5. The number of ether oxygens (including phenoxy) is 2. The molecule has 1 heterocycles. The van der Waals surface area contributed by atoms with Crippen molar-refractivity contribution in [1.82, 2.24) is 4.90 Å². The number of carbonyl (C=O) groups excluding carboxylic acids is 2. The minimum atomic E-state index is -0.784. The van der Waals surface area contributed by atoms with Gasteiger partial charge in [-0.1, -0.05) is 30.3 Å². The Balaban J connectivity index is 1.62. The van der Waals surface area contributed by atoms with Crippen molar-refractivity contribution in [2.75, 3.05) is 44.9 Å². The molecule has 9 nitrogen and oxygen atoms in total. The van der Waals surface area contributed by atoms with E-state index >= 15 is 0 Å². The second kappa shape index (κ2) is 9.84. The van der Waals surface area contributed by atoms with Crippen LogP contribution in [0.15, 0.2) is 48.5 Å². The van der Waals surface area contributed by atoms with E-state index in [-0.39, 0.29) is 17.2 Å². The number of benzene rings is 2. The van der Waals surface area contributed by atoms with Crippen LogP contribution in [0.4, 0.5) is 11.4 Å². The summed E-state index contributed by atoms with van der Waals surface area (Å²) >= 11 is 0. The molecule has 0 radical (unpaired) electrons. The summed E-state index contributed by atoms with van der Waals surface area (Å²) in [5.41, 5.74) is 1.23. The van der Waals surface area contributed by atoms with Crippen LogP contribution in [0.25, 0.3) is 0 Å². The molecule has 2 aromatic carbocycles. The van der Waals surface area contributed by atoms with Gasteiger partial charge in [0.1, 0.15) is 5.69 Å². The van der Waals surface area contributed by atoms with Gasteiger partial charge in [0, 0.05) is 32.7 Å². The summed E-state index contributed by atoms with van der Waals surface area (Å²) < 4.78 is 10.4. The lowest BCUT2D eigenvalue weighted by Crippen LogP contribution is -2.36. The first-order chi connectivity index (χ1) is 14.5. The maximum absolute atomic E-state index is 12.3. The SMILES string of the molecule is CN(Cc1ccccc1)C(=O)COC(=O)c1ccc(N2CCOCC2)c([N+](=O)[O-])c1. The summed E-state index contributed by atoms with van der Waals surface area (Å²) in [6.07, 6.45) is 0. The van der Waals surface area contributed by atoms with E-state index in [1.807, 2.05) is 35.2 Å². The topological polar surface area (TPSA) is 102 Å². The van der Waals surface area contributed by atoms with Crippen molar-refractivity contribution in [3.05, 3.63) is 69.8 Å². The Kier molecular flexibility index (Phi) is 6.97. The zero-order chi connectivity index (χ0) is 21.5. The molecule has 2 aromatic rings. The third kappa shape index (κ3) is 5.32. The number of rotatable bonds is 7. The van der Waals surface area contributed by atoms with E-state index in [9.17, 15) is 19.7 Å². The fraction of sp³-hybridized carbons (Fsp3) is 0.333. The number of hydrogen-bond acceptors (Lipinski definition) is 7. The Morgan fingerprint density at radius 2 is 1.87 bits per heavy atom. The van der Waals surface area contributed by atoms with Gasteiger partial charge >= 0.3 is 5.97 Å². The normalized spacial score (nSPS) is 13.6. The lowest BCUT2D eigenvalue weighted by molar-refractivity contribution is -0.384. The van der Waals surface area contributed by atoms with Crippen molar-refractivity contribution in [2.24, 2.45) is 0 Å². The fourth-order valence-electron chi connectivity index (χ4n) is 3.13. The third-order valence-corrected chi connectivity index (χ3v) is 4.77. The smallest absolute Gasteiger partial charge is 0.338 e. The average Bonchev–Trinajstić information content (AvgIpc) is 2.78. The van der Waals surface area contributed by atoms with Crippen LogP contribution in [-0.2, 0) is 20.8 Å². The largest absolute Gasteiger partial charge is 0.452 e. The monoisotopic (exact) mass is 413 g/mol. The van der Waals surface area contributed by atoms with Crippen LogP contribution in [-0.4, -0.2) is 61.7 Å². The van der Waals surface area contributed by atoms with Gasteiger partial charge in [-0.3, -0.25) is 14.9 Å². The van der Waals surface area contributed by atoms with Crippen LogP contribution < -0.4 is 4.90 Å². The number of morpholine rings is 1. The quantitative estimate of drug-likeness (QED) is 0.390. The van der Waals surface area contributed by atoms with Gasteiger partial charge < -0.3 is 19.3 Å². The first-order valence-electron chi connectivity index (χ1n) is 9.52. The molecule has 1 aliphatic rings. The van der Waals surface area contributed by atoms with Crippen LogP contribution in [0, 0.1) is 10.1 Å². The molecule has 0 spiro atoms. The van der Waals surface area contributed by atoms with Gasteiger partial charge in [0.25, 0.3) is 11.6 Å². The van der Waals surface area contributed by atoms with Crippen molar-refractivity contribution in [3.8, 4) is 0 Å². The molecule has 1 amide bonds. The Bertz CT molecular complexity index is 912. The van der Waals surface area contributed by atoms with Gasteiger partial charge in [0.15, 0.2) is 6.61 Å². The summed E-state index contributed by atoms with van der Waals surface area (Å²) in [4.78, 5) is 38.9. The maximum Gasteiger partial charge on any atom is 0.338 e. The number of nitro groups is 1. The van der Waals surface area contributed by atoms with Gasteiger partial charge in [-0.25, -0.2) is 4.79 Å². The van der Waals surface area contributed by atoms with Gasteiger partial charge in [0.05, 0.1) is 23.7 Å². The third-order valence-electron chi connectivity index (χ3n) is 4.77. The van der Waals surface area contributed by atoms with Crippen molar-refractivity contribution in [2.45, 2.75) is 6.54 Å². The standard InChI is InChI=1S/C21H23N3O6/c1-22(14-16-5-3-2-4-6-16)20(25)15-30-21(26)17-7-8-18(19(13-17)24(27)28)23-9-11-29-12-10-23/h2-8,13H,9-12,14-15H2,1H3. The molecule has 1 aliphatic heterocycles. The lowest BCUT2D eigenvalue weighted by atomic mass is 10.1. The second-order valence-electron chi connectivity index (χ2n) is 6.87. The Hall–Kier alpha value is -3.46. The first kappa shape index (κ1) is 21.3. The molecule has 0 unspecified atom stereocenters. The molecular formula is C21H23N3O6. The van der Waals surface area contributed by atoms with E-state index in [1.54, 1.807) is 7.05 Å². The molecule has 0 atom stereocenters. The first-order valence-corrected chi connectivity index (χ1v) is 9.52. The van der Waals surface area contributed by atoms with Crippen LogP contribution in [0.1, 0.15) is 15.9 Å². The molecule has 1 fully saturated rings. The fourth-order valence-corrected chi connectivity index (χ4v) is 3.13. The van der Waals surface area contributed by atoms with Crippen molar-refractivity contribution < 1.29 is 24.0 Å². The van der Waals surface area contributed by atoms with E-state index in [1.165, 1.54) is 23.1 Å². The molecule has 9 heteroatoms. The molecule has 3 rings (SSSR count). The lowest BCUT2D eigenvalue weighted by Gasteiger charge is -2.28. The molecule has 1 saturated heterocycles. The van der Waals surface area contributed by atoms with E-state index in [0.29, 0.717) is 38.5 Å². The summed E-state index contributed by atoms with van der Waals surface area (Å²) in [7, 11) is 1.62. The zero-order valence-corrected chi connectivity index (χ0v) is 16.7. The number of anilines is 1.